The zero-order valence-corrected chi connectivity index (χ0v) is 17.6. The van der Waals surface area contributed by atoms with Crippen molar-refractivity contribution in [3.05, 3.63) is 29.3 Å². The lowest BCUT2D eigenvalue weighted by atomic mass is 9.98. The van der Waals surface area contributed by atoms with Crippen molar-refractivity contribution in [3.63, 3.8) is 0 Å². The smallest absolute Gasteiger partial charge is 0.309 e. The fraction of sp³-hybridized carbons (Fsp3) is 0.696. The highest BCUT2D eigenvalue weighted by Crippen LogP contribution is 2.44. The second-order valence-electron chi connectivity index (χ2n) is 8.12. The van der Waals surface area contributed by atoms with Crippen LogP contribution in [-0.2, 0) is 25.6 Å². The summed E-state index contributed by atoms with van der Waals surface area (Å²) in [7, 11) is 1.69. The molecule has 6 nitrogen and oxygen atoms in total. The maximum Gasteiger partial charge on any atom is 0.309 e. The lowest BCUT2D eigenvalue weighted by Gasteiger charge is -2.17. The van der Waals surface area contributed by atoms with Gasteiger partial charge in [0, 0.05) is 26.6 Å². The predicted molar refractivity (Wildman–Crippen MR) is 109 cm³/mol. The number of ether oxygens (including phenoxy) is 4. The maximum atomic E-state index is 11.8. The normalized spacial score (nSPS) is 22.5. The molecule has 0 amide bonds. The lowest BCUT2D eigenvalue weighted by Crippen LogP contribution is -2.30. The first-order chi connectivity index (χ1) is 14.1. The van der Waals surface area contributed by atoms with Crippen LogP contribution in [0.4, 0.5) is 0 Å². The molecule has 0 bridgehead atoms. The van der Waals surface area contributed by atoms with Crippen LogP contribution in [0, 0.1) is 5.92 Å². The molecule has 0 aromatic heterocycles. The molecule has 1 N–H and O–H groups in total. The summed E-state index contributed by atoms with van der Waals surface area (Å²) in [6, 6.07) is 6.24. The number of rotatable bonds is 13. The zero-order chi connectivity index (χ0) is 20.6. The highest BCUT2D eigenvalue weighted by molar-refractivity contribution is 5.74. The first-order valence-corrected chi connectivity index (χ1v) is 10.8. The molecule has 0 spiro atoms. The molecule has 1 saturated heterocycles. The number of carbonyl (C=O) groups is 1. The van der Waals surface area contributed by atoms with Crippen molar-refractivity contribution in [2.45, 2.75) is 70.2 Å². The third-order valence-electron chi connectivity index (χ3n) is 5.59. The van der Waals surface area contributed by atoms with Crippen LogP contribution >= 0.6 is 0 Å². The third kappa shape index (κ3) is 6.43. The van der Waals surface area contributed by atoms with Crippen molar-refractivity contribution < 1.29 is 28.8 Å². The van der Waals surface area contributed by atoms with Crippen LogP contribution in [0.5, 0.6) is 5.75 Å². The highest BCUT2D eigenvalue weighted by atomic mass is 16.6. The average molecular weight is 407 g/mol. The summed E-state index contributed by atoms with van der Waals surface area (Å²) in [5.41, 5.74) is 2.28. The molecule has 0 radical (unpaired) electrons. The summed E-state index contributed by atoms with van der Waals surface area (Å²) in [5.74, 6) is 1.25. The van der Waals surface area contributed by atoms with Gasteiger partial charge in [-0.3, -0.25) is 4.79 Å². The van der Waals surface area contributed by atoms with Crippen molar-refractivity contribution in [2.24, 2.45) is 5.92 Å². The highest BCUT2D eigenvalue weighted by Gasteiger charge is 2.37. The first-order valence-electron chi connectivity index (χ1n) is 10.8. The van der Waals surface area contributed by atoms with Crippen molar-refractivity contribution in [1.29, 1.82) is 0 Å². The molecular formula is C23H34O6. The Morgan fingerprint density at radius 2 is 2.10 bits per heavy atom. The van der Waals surface area contributed by atoms with Crippen LogP contribution in [0.3, 0.4) is 0 Å². The number of benzene rings is 1. The molecule has 162 valence electrons. The van der Waals surface area contributed by atoms with Crippen LogP contribution in [0.2, 0.25) is 0 Å². The summed E-state index contributed by atoms with van der Waals surface area (Å²) in [6.07, 6.45) is 4.35. The van der Waals surface area contributed by atoms with Crippen LogP contribution in [0.1, 0.15) is 62.5 Å². The minimum Gasteiger partial charge on any atom is -0.493 e. The molecule has 1 aromatic carbocycles. The fourth-order valence-corrected chi connectivity index (χ4v) is 3.81. The maximum absolute atomic E-state index is 11.8. The van der Waals surface area contributed by atoms with Gasteiger partial charge in [-0.1, -0.05) is 25.5 Å². The molecule has 29 heavy (non-hydrogen) atoms. The van der Waals surface area contributed by atoms with E-state index in [4.69, 9.17) is 18.9 Å². The van der Waals surface area contributed by atoms with E-state index in [1.165, 1.54) is 18.4 Å². The molecule has 6 heteroatoms. The van der Waals surface area contributed by atoms with Crippen LogP contribution in [0.15, 0.2) is 18.2 Å². The van der Waals surface area contributed by atoms with E-state index in [0.717, 1.165) is 30.6 Å². The Bertz CT molecular complexity index is 657. The average Bonchev–Trinajstić information content (AvgIpc) is 3.49. The third-order valence-corrected chi connectivity index (χ3v) is 5.59. The van der Waals surface area contributed by atoms with Gasteiger partial charge in [0.25, 0.3) is 0 Å². The molecule has 3 atom stereocenters. The minimum absolute atomic E-state index is 0.0903. The zero-order valence-electron chi connectivity index (χ0n) is 17.6. The van der Waals surface area contributed by atoms with E-state index in [0.29, 0.717) is 32.2 Å². The Labute approximate surface area is 173 Å². The van der Waals surface area contributed by atoms with Gasteiger partial charge >= 0.3 is 5.97 Å². The summed E-state index contributed by atoms with van der Waals surface area (Å²) in [5, 5.41) is 10.3. The number of methoxy groups -OCH3 is 1. The molecule has 1 aromatic rings. The number of hydrogen-bond acceptors (Lipinski definition) is 6. The SMILES string of the molecule is CCCC1CC(C(O)COCc2ccc(C3CC3)c(OCCCOC)c2)OC1=O. The molecule has 1 saturated carbocycles. The standard InChI is InChI=1S/C23H34O6/c1-3-5-18-13-22(29-23(18)25)20(24)15-27-14-16-6-9-19(17-7-8-17)21(12-16)28-11-4-10-26-2/h6,9,12,17-18,20,22,24H,3-5,7-8,10-11,13-15H2,1-2H3. The fourth-order valence-electron chi connectivity index (χ4n) is 3.81. The number of esters is 1. The Balaban J connectivity index is 1.48. The van der Waals surface area contributed by atoms with Gasteiger partial charge in [-0.15, -0.1) is 0 Å². The topological polar surface area (TPSA) is 74.2 Å². The molecular weight excluding hydrogens is 372 g/mol. The molecule has 3 unspecified atom stereocenters. The van der Waals surface area contributed by atoms with Gasteiger partial charge in [-0.2, -0.15) is 0 Å². The van der Waals surface area contributed by atoms with Gasteiger partial charge in [0.05, 0.1) is 25.7 Å². The van der Waals surface area contributed by atoms with Crippen molar-refractivity contribution in [2.75, 3.05) is 26.9 Å². The Morgan fingerprint density at radius 3 is 2.83 bits per heavy atom. The molecule has 2 aliphatic rings. The van der Waals surface area contributed by atoms with E-state index in [2.05, 4.69) is 12.1 Å². The number of hydrogen-bond donors (Lipinski definition) is 1. The Kier molecular flexibility index (Phi) is 8.33. The first kappa shape index (κ1) is 22.1. The van der Waals surface area contributed by atoms with E-state index in [9.17, 15) is 9.90 Å². The van der Waals surface area contributed by atoms with Crippen molar-refractivity contribution in [1.82, 2.24) is 0 Å². The lowest BCUT2D eigenvalue weighted by molar-refractivity contribution is -0.149. The Hall–Kier alpha value is -1.63. The quantitative estimate of drug-likeness (QED) is 0.399. The molecule has 1 aliphatic heterocycles. The summed E-state index contributed by atoms with van der Waals surface area (Å²) < 4.78 is 22.1. The van der Waals surface area contributed by atoms with Gasteiger partial charge in [-0.25, -0.2) is 0 Å². The van der Waals surface area contributed by atoms with E-state index in [-0.39, 0.29) is 18.5 Å². The number of cyclic esters (lactones) is 1. The molecule has 1 heterocycles. The van der Waals surface area contributed by atoms with E-state index >= 15 is 0 Å². The number of aliphatic hydroxyl groups excluding tert-OH is 1. The predicted octanol–water partition coefficient (Wildman–Crippen LogP) is 3.59. The largest absolute Gasteiger partial charge is 0.493 e. The van der Waals surface area contributed by atoms with E-state index in [1.807, 2.05) is 13.0 Å². The van der Waals surface area contributed by atoms with Gasteiger partial charge in [0.1, 0.15) is 18.0 Å². The number of aliphatic hydroxyl groups is 1. The van der Waals surface area contributed by atoms with Crippen LogP contribution in [0.25, 0.3) is 0 Å². The van der Waals surface area contributed by atoms with Crippen LogP contribution in [-0.4, -0.2) is 50.2 Å². The van der Waals surface area contributed by atoms with Gasteiger partial charge in [-0.05, 0) is 42.4 Å². The summed E-state index contributed by atoms with van der Waals surface area (Å²) in [6.45, 7) is 3.89. The second kappa shape index (κ2) is 11.0. The van der Waals surface area contributed by atoms with Gasteiger partial charge < -0.3 is 24.1 Å². The van der Waals surface area contributed by atoms with Gasteiger partial charge in [0.2, 0.25) is 0 Å². The number of carbonyl (C=O) groups excluding carboxylic acids is 1. The monoisotopic (exact) mass is 406 g/mol. The molecule has 3 rings (SSSR count). The van der Waals surface area contributed by atoms with Gasteiger partial charge in [0.15, 0.2) is 0 Å². The van der Waals surface area contributed by atoms with E-state index < -0.39 is 12.2 Å². The molecule has 2 fully saturated rings. The molecule has 1 aliphatic carbocycles. The van der Waals surface area contributed by atoms with Crippen molar-refractivity contribution >= 4 is 5.97 Å². The second-order valence-corrected chi connectivity index (χ2v) is 8.12. The van der Waals surface area contributed by atoms with Crippen molar-refractivity contribution in [3.8, 4) is 5.75 Å². The van der Waals surface area contributed by atoms with E-state index in [1.54, 1.807) is 7.11 Å². The Morgan fingerprint density at radius 1 is 1.28 bits per heavy atom. The minimum atomic E-state index is -0.795. The van der Waals surface area contributed by atoms with Crippen LogP contribution < -0.4 is 4.74 Å². The summed E-state index contributed by atoms with van der Waals surface area (Å²) >= 11 is 0. The summed E-state index contributed by atoms with van der Waals surface area (Å²) in [4.78, 5) is 11.8.